The maximum absolute atomic E-state index is 4.41. The highest BCUT2D eigenvalue weighted by atomic mass is 32.2. The molecular weight excluding hydrogens is 280 g/mol. The van der Waals surface area contributed by atoms with Gasteiger partial charge in [0, 0.05) is 16.6 Å². The summed E-state index contributed by atoms with van der Waals surface area (Å²) in [4.78, 5) is 5.81. The van der Waals surface area contributed by atoms with E-state index in [2.05, 4.69) is 58.2 Å². The zero-order chi connectivity index (χ0) is 14.7. The Kier molecular flexibility index (Phi) is 4.60. The normalized spacial score (nSPS) is 17.4. The molecule has 0 radical (unpaired) electrons. The second-order valence-corrected chi connectivity index (χ2v) is 6.99. The molecule has 0 bridgehead atoms. The summed E-state index contributed by atoms with van der Waals surface area (Å²) in [5, 5.41) is 7.85. The van der Waals surface area contributed by atoms with Crippen LogP contribution in [0.3, 0.4) is 0 Å². The first-order chi connectivity index (χ1) is 10.2. The molecule has 1 atom stereocenters. The summed E-state index contributed by atoms with van der Waals surface area (Å²) < 4.78 is 2.06. The Labute approximate surface area is 130 Å². The molecule has 1 aliphatic rings. The molecular formula is C16H22N4S. The standard InChI is InChI=1S/C16H22N4S/c1-12(2)7-17-8-16-18-11-19-20(16)9-13-10-21-15-6-4-3-5-14(13)15/h3-6,11-13,17H,7-10H2,1-2H3. The molecule has 4 nitrogen and oxygen atoms in total. The third-order valence-electron chi connectivity index (χ3n) is 3.72. The van der Waals surface area contributed by atoms with Gasteiger partial charge in [0.2, 0.25) is 0 Å². The van der Waals surface area contributed by atoms with Crippen LogP contribution in [0.2, 0.25) is 0 Å². The van der Waals surface area contributed by atoms with Crippen molar-refractivity contribution in [1.82, 2.24) is 20.1 Å². The fraction of sp³-hybridized carbons (Fsp3) is 0.500. The highest BCUT2D eigenvalue weighted by molar-refractivity contribution is 7.99. The molecule has 1 N–H and O–H groups in total. The number of nitrogens with zero attached hydrogens (tertiary/aromatic N) is 3. The lowest BCUT2D eigenvalue weighted by molar-refractivity contribution is 0.490. The summed E-state index contributed by atoms with van der Waals surface area (Å²) >= 11 is 1.95. The summed E-state index contributed by atoms with van der Waals surface area (Å²) in [6, 6.07) is 8.70. The lowest BCUT2D eigenvalue weighted by Gasteiger charge is -2.13. The second kappa shape index (κ2) is 6.62. The number of benzene rings is 1. The molecule has 1 aromatic heterocycles. The Morgan fingerprint density at radius 1 is 1.38 bits per heavy atom. The van der Waals surface area contributed by atoms with Gasteiger partial charge in [-0.15, -0.1) is 11.8 Å². The Hall–Kier alpha value is -1.33. The molecule has 21 heavy (non-hydrogen) atoms. The molecule has 5 heteroatoms. The third kappa shape index (κ3) is 3.47. The third-order valence-corrected chi connectivity index (χ3v) is 4.98. The van der Waals surface area contributed by atoms with E-state index in [1.165, 1.54) is 10.5 Å². The van der Waals surface area contributed by atoms with Gasteiger partial charge in [-0.25, -0.2) is 9.67 Å². The molecule has 3 rings (SSSR count). The first-order valence-corrected chi connectivity index (χ1v) is 8.51. The number of hydrogen-bond acceptors (Lipinski definition) is 4. The Morgan fingerprint density at radius 2 is 2.24 bits per heavy atom. The van der Waals surface area contributed by atoms with Crippen LogP contribution in [0.15, 0.2) is 35.5 Å². The number of fused-ring (bicyclic) bond motifs is 1. The zero-order valence-corrected chi connectivity index (χ0v) is 13.4. The highest BCUT2D eigenvalue weighted by Gasteiger charge is 2.24. The number of thioether (sulfide) groups is 1. The van der Waals surface area contributed by atoms with Gasteiger partial charge >= 0.3 is 0 Å². The fourth-order valence-electron chi connectivity index (χ4n) is 2.64. The first kappa shape index (κ1) is 14.6. The van der Waals surface area contributed by atoms with Gasteiger partial charge in [0.25, 0.3) is 0 Å². The van der Waals surface area contributed by atoms with E-state index in [0.717, 1.165) is 31.2 Å². The Bertz CT molecular complexity index is 593. The van der Waals surface area contributed by atoms with Crippen LogP contribution < -0.4 is 5.32 Å². The van der Waals surface area contributed by atoms with Crippen molar-refractivity contribution < 1.29 is 0 Å². The molecule has 0 amide bonds. The van der Waals surface area contributed by atoms with E-state index in [9.17, 15) is 0 Å². The van der Waals surface area contributed by atoms with Crippen LogP contribution in [0.4, 0.5) is 0 Å². The molecule has 0 saturated carbocycles. The van der Waals surface area contributed by atoms with Gasteiger partial charge in [0.15, 0.2) is 0 Å². The zero-order valence-electron chi connectivity index (χ0n) is 12.6. The quantitative estimate of drug-likeness (QED) is 0.891. The lowest BCUT2D eigenvalue weighted by atomic mass is 10.0. The molecule has 112 valence electrons. The second-order valence-electron chi connectivity index (χ2n) is 5.93. The van der Waals surface area contributed by atoms with Crippen molar-refractivity contribution >= 4 is 11.8 Å². The minimum absolute atomic E-state index is 0.539. The first-order valence-electron chi connectivity index (χ1n) is 7.53. The smallest absolute Gasteiger partial charge is 0.140 e. The summed E-state index contributed by atoms with van der Waals surface area (Å²) in [6.07, 6.45) is 1.67. The Balaban J connectivity index is 1.65. The largest absolute Gasteiger partial charge is 0.310 e. The molecule has 1 unspecified atom stereocenters. The minimum atomic E-state index is 0.539. The van der Waals surface area contributed by atoms with Crippen molar-refractivity contribution in [2.24, 2.45) is 5.92 Å². The van der Waals surface area contributed by atoms with Crippen molar-refractivity contribution in [3.63, 3.8) is 0 Å². The fourth-order valence-corrected chi connectivity index (χ4v) is 3.88. The molecule has 0 spiro atoms. The lowest BCUT2D eigenvalue weighted by Crippen LogP contribution is -2.23. The van der Waals surface area contributed by atoms with Crippen molar-refractivity contribution in [2.45, 2.75) is 37.8 Å². The van der Waals surface area contributed by atoms with Gasteiger partial charge in [-0.2, -0.15) is 5.10 Å². The Morgan fingerprint density at radius 3 is 3.10 bits per heavy atom. The number of nitrogens with one attached hydrogen (secondary N) is 1. The molecule has 0 saturated heterocycles. The van der Waals surface area contributed by atoms with Gasteiger partial charge in [0.05, 0.1) is 13.1 Å². The summed E-state index contributed by atoms with van der Waals surface area (Å²) in [7, 11) is 0. The average molecular weight is 302 g/mol. The van der Waals surface area contributed by atoms with E-state index in [1.54, 1.807) is 6.33 Å². The predicted octanol–water partition coefficient (Wildman–Crippen LogP) is 2.91. The summed E-state index contributed by atoms with van der Waals surface area (Å²) in [6.45, 7) is 7.15. The van der Waals surface area contributed by atoms with Gasteiger partial charge in [-0.1, -0.05) is 32.0 Å². The van der Waals surface area contributed by atoms with Gasteiger partial charge in [-0.3, -0.25) is 0 Å². The van der Waals surface area contributed by atoms with E-state index < -0.39 is 0 Å². The highest BCUT2D eigenvalue weighted by Crippen LogP contribution is 2.39. The monoisotopic (exact) mass is 302 g/mol. The number of hydrogen-bond donors (Lipinski definition) is 1. The van der Waals surface area contributed by atoms with E-state index in [0.29, 0.717) is 11.8 Å². The van der Waals surface area contributed by atoms with Crippen LogP contribution in [0.25, 0.3) is 0 Å². The van der Waals surface area contributed by atoms with Gasteiger partial charge in [0.1, 0.15) is 12.2 Å². The van der Waals surface area contributed by atoms with Crippen LogP contribution in [-0.2, 0) is 13.1 Å². The number of aromatic nitrogens is 3. The van der Waals surface area contributed by atoms with Crippen LogP contribution >= 0.6 is 11.8 Å². The topological polar surface area (TPSA) is 42.7 Å². The predicted molar refractivity (Wildman–Crippen MR) is 86.5 cm³/mol. The van der Waals surface area contributed by atoms with Gasteiger partial charge in [-0.05, 0) is 24.1 Å². The molecule has 1 aliphatic heterocycles. The molecule has 2 aromatic rings. The van der Waals surface area contributed by atoms with Crippen molar-refractivity contribution in [1.29, 1.82) is 0 Å². The van der Waals surface area contributed by atoms with Crippen molar-refractivity contribution in [3.05, 3.63) is 42.0 Å². The van der Waals surface area contributed by atoms with Crippen LogP contribution in [0.1, 0.15) is 31.2 Å². The van der Waals surface area contributed by atoms with Crippen LogP contribution in [0.5, 0.6) is 0 Å². The van der Waals surface area contributed by atoms with E-state index in [1.807, 2.05) is 11.8 Å². The van der Waals surface area contributed by atoms with Gasteiger partial charge < -0.3 is 5.32 Å². The van der Waals surface area contributed by atoms with E-state index in [4.69, 9.17) is 0 Å². The van der Waals surface area contributed by atoms with Crippen LogP contribution in [0, 0.1) is 5.92 Å². The van der Waals surface area contributed by atoms with Crippen molar-refractivity contribution in [3.8, 4) is 0 Å². The summed E-state index contributed by atoms with van der Waals surface area (Å²) in [5.74, 6) is 3.36. The van der Waals surface area contributed by atoms with Crippen LogP contribution in [-0.4, -0.2) is 27.1 Å². The maximum atomic E-state index is 4.41. The molecule has 0 fully saturated rings. The SMILES string of the molecule is CC(C)CNCc1ncnn1CC1CSc2ccccc21. The van der Waals surface area contributed by atoms with E-state index in [-0.39, 0.29) is 0 Å². The number of rotatable bonds is 6. The molecule has 2 heterocycles. The minimum Gasteiger partial charge on any atom is -0.310 e. The van der Waals surface area contributed by atoms with E-state index >= 15 is 0 Å². The molecule has 1 aromatic carbocycles. The average Bonchev–Trinajstić information content (AvgIpc) is 3.07. The van der Waals surface area contributed by atoms with Crippen molar-refractivity contribution in [2.75, 3.05) is 12.3 Å². The molecule has 0 aliphatic carbocycles. The maximum Gasteiger partial charge on any atom is 0.140 e. The summed E-state index contributed by atoms with van der Waals surface area (Å²) in [5.41, 5.74) is 1.46.